The first-order chi connectivity index (χ1) is 9.08. The predicted octanol–water partition coefficient (Wildman–Crippen LogP) is 1.95. The van der Waals surface area contributed by atoms with Gasteiger partial charge in [0.05, 0.1) is 10.1 Å². The van der Waals surface area contributed by atoms with Crippen LogP contribution in [0.2, 0.25) is 0 Å². The second kappa shape index (κ2) is 4.90. The van der Waals surface area contributed by atoms with E-state index in [-0.39, 0.29) is 0 Å². The molecule has 2 unspecified atom stereocenters. The van der Waals surface area contributed by atoms with Gasteiger partial charge in [0.25, 0.3) is 0 Å². The third-order valence-corrected chi connectivity index (χ3v) is 5.03. The second-order valence-electron chi connectivity index (χ2n) is 5.64. The van der Waals surface area contributed by atoms with E-state index in [2.05, 4.69) is 30.8 Å². The highest BCUT2D eigenvalue weighted by Crippen LogP contribution is 2.41. The van der Waals surface area contributed by atoms with Crippen molar-refractivity contribution in [1.82, 2.24) is 9.97 Å². The maximum Gasteiger partial charge on any atom is 0.222 e. The molecular formula is C13H19BrN4O. The fourth-order valence-electron chi connectivity index (χ4n) is 3.36. The van der Waals surface area contributed by atoms with Crippen molar-refractivity contribution in [2.75, 3.05) is 23.7 Å². The van der Waals surface area contributed by atoms with Gasteiger partial charge in [-0.3, -0.25) is 0 Å². The van der Waals surface area contributed by atoms with Gasteiger partial charge >= 0.3 is 0 Å². The Labute approximate surface area is 121 Å². The van der Waals surface area contributed by atoms with Crippen LogP contribution in [0.4, 0.5) is 11.8 Å². The van der Waals surface area contributed by atoms with Gasteiger partial charge in [0.15, 0.2) is 0 Å². The zero-order chi connectivity index (χ0) is 13.5. The lowest BCUT2D eigenvalue weighted by Crippen LogP contribution is -2.53. The molecule has 5 nitrogen and oxygen atoms in total. The lowest BCUT2D eigenvalue weighted by atomic mass is 9.71. The highest BCUT2D eigenvalue weighted by molar-refractivity contribution is 9.10. The van der Waals surface area contributed by atoms with E-state index in [4.69, 9.17) is 5.73 Å². The molecule has 1 saturated heterocycles. The average Bonchev–Trinajstić information content (AvgIpc) is 2.40. The number of fused-ring (bicyclic) bond motifs is 1. The molecule has 2 atom stereocenters. The Morgan fingerprint density at radius 2 is 2.26 bits per heavy atom. The number of hydrogen-bond acceptors (Lipinski definition) is 5. The quantitative estimate of drug-likeness (QED) is 0.825. The van der Waals surface area contributed by atoms with Crippen LogP contribution in [0.25, 0.3) is 0 Å². The van der Waals surface area contributed by atoms with E-state index >= 15 is 0 Å². The van der Waals surface area contributed by atoms with Crippen LogP contribution in [-0.4, -0.2) is 33.8 Å². The summed E-state index contributed by atoms with van der Waals surface area (Å²) in [4.78, 5) is 10.5. The van der Waals surface area contributed by atoms with Crippen molar-refractivity contribution < 1.29 is 5.11 Å². The highest BCUT2D eigenvalue weighted by Gasteiger charge is 2.43. The van der Waals surface area contributed by atoms with Crippen molar-refractivity contribution in [3.05, 3.63) is 10.7 Å². The fourth-order valence-corrected chi connectivity index (χ4v) is 3.80. The van der Waals surface area contributed by atoms with Gasteiger partial charge in [0, 0.05) is 25.2 Å². The van der Waals surface area contributed by atoms with Gasteiger partial charge in [0.1, 0.15) is 5.82 Å². The van der Waals surface area contributed by atoms with E-state index in [0.717, 1.165) is 49.1 Å². The summed E-state index contributed by atoms with van der Waals surface area (Å²) in [5.74, 6) is 1.49. The van der Waals surface area contributed by atoms with E-state index in [0.29, 0.717) is 11.9 Å². The molecule has 1 aromatic heterocycles. The third kappa shape index (κ3) is 2.43. The van der Waals surface area contributed by atoms with Gasteiger partial charge in [-0.25, -0.2) is 4.98 Å². The summed E-state index contributed by atoms with van der Waals surface area (Å²) in [5, 5.41) is 10.7. The fraction of sp³-hybridized carbons (Fsp3) is 0.692. The molecule has 2 heterocycles. The molecule has 1 saturated carbocycles. The lowest BCUT2D eigenvalue weighted by Gasteiger charge is -2.47. The third-order valence-electron chi connectivity index (χ3n) is 4.47. The number of nitrogens with two attached hydrogens (primary N) is 1. The van der Waals surface area contributed by atoms with Gasteiger partial charge in [0.2, 0.25) is 5.95 Å². The van der Waals surface area contributed by atoms with E-state index < -0.39 is 5.60 Å². The molecule has 1 aromatic rings. The molecule has 0 bridgehead atoms. The molecule has 3 N–H and O–H groups in total. The molecule has 1 aliphatic heterocycles. The number of aromatic nitrogens is 2. The molecule has 0 radical (unpaired) electrons. The maximum absolute atomic E-state index is 10.7. The Hall–Kier alpha value is -0.880. The molecule has 1 aliphatic carbocycles. The van der Waals surface area contributed by atoms with Crippen LogP contribution < -0.4 is 10.6 Å². The molecule has 0 spiro atoms. The SMILES string of the molecule is Nc1ncc(Br)c(N2CCC3(O)CCCCC3C2)n1. The van der Waals surface area contributed by atoms with Crippen molar-refractivity contribution in [3.8, 4) is 0 Å². The average molecular weight is 327 g/mol. The molecule has 6 heteroatoms. The number of halogens is 1. The summed E-state index contributed by atoms with van der Waals surface area (Å²) in [7, 11) is 0. The first kappa shape index (κ1) is 13.1. The van der Waals surface area contributed by atoms with Crippen molar-refractivity contribution in [1.29, 1.82) is 0 Å². The minimum absolute atomic E-state index is 0.294. The van der Waals surface area contributed by atoms with Crippen LogP contribution in [0, 0.1) is 5.92 Å². The number of aliphatic hydroxyl groups is 1. The van der Waals surface area contributed by atoms with Crippen molar-refractivity contribution in [2.45, 2.75) is 37.7 Å². The van der Waals surface area contributed by atoms with Gasteiger partial charge in [-0.2, -0.15) is 4.98 Å². The Morgan fingerprint density at radius 1 is 1.42 bits per heavy atom. The topological polar surface area (TPSA) is 75.3 Å². The predicted molar refractivity (Wildman–Crippen MR) is 77.9 cm³/mol. The maximum atomic E-state index is 10.7. The number of hydrogen-bond donors (Lipinski definition) is 2. The van der Waals surface area contributed by atoms with Crippen LogP contribution in [-0.2, 0) is 0 Å². The van der Waals surface area contributed by atoms with Crippen LogP contribution in [0.15, 0.2) is 10.7 Å². The molecule has 3 rings (SSSR count). The second-order valence-corrected chi connectivity index (χ2v) is 6.50. The number of nitrogen functional groups attached to an aromatic ring is 1. The molecule has 0 aromatic carbocycles. The number of anilines is 2. The summed E-state index contributed by atoms with van der Waals surface area (Å²) in [5.41, 5.74) is 5.21. The monoisotopic (exact) mass is 326 g/mol. The van der Waals surface area contributed by atoms with Crippen molar-refractivity contribution in [2.24, 2.45) is 5.92 Å². The Morgan fingerprint density at radius 3 is 3.11 bits per heavy atom. The molecule has 104 valence electrons. The summed E-state index contributed by atoms with van der Waals surface area (Å²) < 4.78 is 0.864. The van der Waals surface area contributed by atoms with E-state index in [1.165, 1.54) is 6.42 Å². The van der Waals surface area contributed by atoms with Gasteiger partial charge in [-0.15, -0.1) is 0 Å². The highest BCUT2D eigenvalue weighted by atomic mass is 79.9. The largest absolute Gasteiger partial charge is 0.389 e. The standard InChI is InChI=1S/C13H19BrN4O/c14-10-7-16-12(15)17-11(10)18-6-5-13(19)4-2-1-3-9(13)8-18/h7,9,19H,1-6,8H2,(H2,15,16,17). The van der Waals surface area contributed by atoms with E-state index in [1.54, 1.807) is 6.20 Å². The Bertz CT molecular complexity index is 484. The minimum Gasteiger partial charge on any atom is -0.389 e. The van der Waals surface area contributed by atoms with Gasteiger partial charge in [-0.1, -0.05) is 12.8 Å². The number of rotatable bonds is 1. The zero-order valence-electron chi connectivity index (χ0n) is 10.8. The van der Waals surface area contributed by atoms with E-state index in [1.807, 2.05) is 0 Å². The normalized spacial score (nSPS) is 31.1. The summed E-state index contributed by atoms with van der Waals surface area (Å²) in [6.07, 6.45) is 6.92. The van der Waals surface area contributed by atoms with Crippen LogP contribution in [0.1, 0.15) is 32.1 Å². The lowest BCUT2D eigenvalue weighted by molar-refractivity contribution is -0.0613. The molecule has 2 aliphatic rings. The van der Waals surface area contributed by atoms with Crippen molar-refractivity contribution >= 4 is 27.7 Å². The molecule has 2 fully saturated rings. The van der Waals surface area contributed by atoms with Crippen molar-refractivity contribution in [3.63, 3.8) is 0 Å². The summed E-state index contributed by atoms with van der Waals surface area (Å²) in [6.45, 7) is 1.67. The first-order valence-corrected chi connectivity index (χ1v) is 7.63. The van der Waals surface area contributed by atoms with Crippen LogP contribution in [0.5, 0.6) is 0 Å². The molecule has 0 amide bonds. The summed E-state index contributed by atoms with van der Waals surface area (Å²) in [6, 6.07) is 0. The number of nitrogens with zero attached hydrogens (tertiary/aromatic N) is 3. The van der Waals surface area contributed by atoms with Crippen LogP contribution >= 0.6 is 15.9 Å². The Kier molecular flexibility index (Phi) is 3.39. The number of piperidine rings is 1. The van der Waals surface area contributed by atoms with E-state index in [9.17, 15) is 5.11 Å². The van der Waals surface area contributed by atoms with Gasteiger partial charge < -0.3 is 15.7 Å². The Balaban J connectivity index is 1.82. The summed E-state index contributed by atoms with van der Waals surface area (Å²) >= 11 is 3.48. The smallest absolute Gasteiger partial charge is 0.222 e. The first-order valence-electron chi connectivity index (χ1n) is 6.84. The minimum atomic E-state index is -0.459. The molecular weight excluding hydrogens is 308 g/mol. The zero-order valence-corrected chi connectivity index (χ0v) is 12.4. The van der Waals surface area contributed by atoms with Gasteiger partial charge in [-0.05, 0) is 35.2 Å². The van der Waals surface area contributed by atoms with Crippen LogP contribution in [0.3, 0.4) is 0 Å². The molecule has 19 heavy (non-hydrogen) atoms.